The maximum atomic E-state index is 13.1. The van der Waals surface area contributed by atoms with Crippen molar-refractivity contribution >= 4 is 11.8 Å². The van der Waals surface area contributed by atoms with E-state index in [1.54, 1.807) is 0 Å². The zero-order chi connectivity index (χ0) is 15.2. The zero-order valence-electron chi connectivity index (χ0n) is 13.5. The van der Waals surface area contributed by atoms with Gasteiger partial charge in [-0.3, -0.25) is 9.59 Å². The number of amides is 2. The Morgan fingerprint density at radius 3 is 2.43 bits per heavy atom. The molecule has 0 radical (unpaired) electrons. The number of rotatable bonds is 3. The minimum Gasteiger partial charge on any atom is -0.340 e. The fraction of sp³-hybridized carbons (Fsp3) is 0.882. The van der Waals surface area contributed by atoms with Crippen LogP contribution in [0.4, 0.5) is 0 Å². The molecule has 2 aliphatic carbocycles. The second-order valence-corrected chi connectivity index (χ2v) is 7.72. The number of hydrogen-bond acceptors (Lipinski definition) is 2. The van der Waals surface area contributed by atoms with Gasteiger partial charge >= 0.3 is 0 Å². The number of piperazine rings is 1. The quantitative estimate of drug-likeness (QED) is 0.868. The molecule has 0 aromatic heterocycles. The molecule has 4 nitrogen and oxygen atoms in total. The van der Waals surface area contributed by atoms with Gasteiger partial charge in [0.2, 0.25) is 11.8 Å². The van der Waals surface area contributed by atoms with Gasteiger partial charge in [-0.25, -0.2) is 0 Å². The summed E-state index contributed by atoms with van der Waals surface area (Å²) in [5.74, 6) is 1.65. The molecular formula is C17H28N2O2. The first-order chi connectivity index (χ1) is 9.93. The summed E-state index contributed by atoms with van der Waals surface area (Å²) in [5, 5.41) is 2.99. The molecule has 2 saturated carbocycles. The zero-order valence-corrected chi connectivity index (χ0v) is 13.5. The number of carbonyl (C=O) groups excluding carboxylic acids is 2. The van der Waals surface area contributed by atoms with E-state index < -0.39 is 5.54 Å². The third kappa shape index (κ3) is 2.58. The molecule has 1 aliphatic heterocycles. The van der Waals surface area contributed by atoms with Crippen LogP contribution in [0, 0.1) is 17.8 Å². The molecule has 2 amide bonds. The third-order valence-electron chi connectivity index (χ3n) is 5.85. The predicted octanol–water partition coefficient (Wildman–Crippen LogP) is 2.33. The Bertz CT molecular complexity index is 444. The highest BCUT2D eigenvalue weighted by molar-refractivity contribution is 5.98. The van der Waals surface area contributed by atoms with Gasteiger partial charge < -0.3 is 10.2 Å². The molecule has 1 heterocycles. The standard InChI is InChI=1S/C17H28N2O2/c1-11(2)13-6-4-5-7-14(13)19-10-15(20)18-17(3,16(19)21)12-8-9-12/h11-14H,4-10H2,1-3H3,(H,18,20). The number of nitrogens with zero attached hydrogens (tertiary/aromatic N) is 1. The first kappa shape index (κ1) is 14.9. The summed E-state index contributed by atoms with van der Waals surface area (Å²) < 4.78 is 0. The van der Waals surface area contributed by atoms with Crippen LogP contribution in [0.5, 0.6) is 0 Å². The summed E-state index contributed by atoms with van der Waals surface area (Å²) in [4.78, 5) is 27.2. The van der Waals surface area contributed by atoms with E-state index in [0.717, 1.165) is 19.3 Å². The van der Waals surface area contributed by atoms with E-state index in [4.69, 9.17) is 0 Å². The van der Waals surface area contributed by atoms with Crippen LogP contribution in [0.2, 0.25) is 0 Å². The smallest absolute Gasteiger partial charge is 0.249 e. The summed E-state index contributed by atoms with van der Waals surface area (Å²) in [6.45, 7) is 6.69. The molecular weight excluding hydrogens is 264 g/mol. The van der Waals surface area contributed by atoms with Gasteiger partial charge in [-0.05, 0) is 50.4 Å². The normalized spacial score (nSPS) is 37.8. The van der Waals surface area contributed by atoms with Gasteiger partial charge in [-0.15, -0.1) is 0 Å². The SMILES string of the molecule is CC(C)C1CCCCC1N1CC(=O)NC(C)(C2CC2)C1=O. The topological polar surface area (TPSA) is 49.4 Å². The average molecular weight is 292 g/mol. The van der Waals surface area contributed by atoms with E-state index in [9.17, 15) is 9.59 Å². The summed E-state index contributed by atoms with van der Waals surface area (Å²) in [6, 6.07) is 0.260. The van der Waals surface area contributed by atoms with E-state index in [-0.39, 0.29) is 24.4 Å². The van der Waals surface area contributed by atoms with E-state index in [0.29, 0.717) is 17.8 Å². The van der Waals surface area contributed by atoms with Crippen LogP contribution >= 0.6 is 0 Å². The van der Waals surface area contributed by atoms with Crippen LogP contribution in [0.3, 0.4) is 0 Å². The van der Waals surface area contributed by atoms with Crippen molar-refractivity contribution in [3.8, 4) is 0 Å². The Kier molecular flexibility index (Phi) is 3.74. The van der Waals surface area contributed by atoms with Crippen molar-refractivity contribution in [1.82, 2.24) is 10.2 Å². The fourth-order valence-corrected chi connectivity index (χ4v) is 4.42. The molecule has 3 fully saturated rings. The largest absolute Gasteiger partial charge is 0.340 e. The van der Waals surface area contributed by atoms with Gasteiger partial charge in [0.1, 0.15) is 5.54 Å². The molecule has 1 saturated heterocycles. The molecule has 0 aromatic carbocycles. The summed E-state index contributed by atoms with van der Waals surface area (Å²) in [6.07, 6.45) is 6.81. The molecule has 0 bridgehead atoms. The lowest BCUT2D eigenvalue weighted by atomic mass is 9.76. The lowest BCUT2D eigenvalue weighted by Crippen LogP contribution is -2.69. The van der Waals surface area contributed by atoms with Crippen LogP contribution in [0.1, 0.15) is 59.3 Å². The number of hydrogen-bond donors (Lipinski definition) is 1. The Labute approximate surface area is 127 Å². The maximum Gasteiger partial charge on any atom is 0.249 e. The van der Waals surface area contributed by atoms with Gasteiger partial charge in [0.15, 0.2) is 0 Å². The minimum atomic E-state index is -0.645. The lowest BCUT2D eigenvalue weighted by molar-refractivity contribution is -0.155. The fourth-order valence-electron chi connectivity index (χ4n) is 4.42. The van der Waals surface area contributed by atoms with Gasteiger partial charge in [0.25, 0.3) is 0 Å². The highest BCUT2D eigenvalue weighted by Crippen LogP contribution is 2.43. The number of carbonyl (C=O) groups is 2. The maximum absolute atomic E-state index is 13.1. The minimum absolute atomic E-state index is 0.0251. The first-order valence-electron chi connectivity index (χ1n) is 8.55. The summed E-state index contributed by atoms with van der Waals surface area (Å²) in [5.41, 5.74) is -0.645. The van der Waals surface area contributed by atoms with E-state index in [1.807, 2.05) is 11.8 Å². The van der Waals surface area contributed by atoms with Crippen LogP contribution in [0.25, 0.3) is 0 Å². The summed E-state index contributed by atoms with van der Waals surface area (Å²) >= 11 is 0. The highest BCUT2D eigenvalue weighted by atomic mass is 16.2. The van der Waals surface area contributed by atoms with Crippen LogP contribution in [0.15, 0.2) is 0 Å². The highest BCUT2D eigenvalue weighted by Gasteiger charge is 2.54. The molecule has 3 aliphatic rings. The van der Waals surface area contributed by atoms with E-state index in [2.05, 4.69) is 19.2 Å². The lowest BCUT2D eigenvalue weighted by Gasteiger charge is -2.48. The van der Waals surface area contributed by atoms with Crippen molar-refractivity contribution in [2.24, 2.45) is 17.8 Å². The molecule has 4 heteroatoms. The molecule has 0 spiro atoms. The molecule has 0 aromatic rings. The van der Waals surface area contributed by atoms with Crippen molar-refractivity contribution in [2.75, 3.05) is 6.54 Å². The second kappa shape index (κ2) is 5.29. The van der Waals surface area contributed by atoms with Gasteiger partial charge in [-0.2, -0.15) is 0 Å². The third-order valence-corrected chi connectivity index (χ3v) is 5.85. The molecule has 118 valence electrons. The van der Waals surface area contributed by atoms with Crippen LogP contribution in [-0.4, -0.2) is 34.8 Å². The summed E-state index contributed by atoms with van der Waals surface area (Å²) in [7, 11) is 0. The van der Waals surface area contributed by atoms with Crippen molar-refractivity contribution < 1.29 is 9.59 Å². The van der Waals surface area contributed by atoms with Gasteiger partial charge in [0, 0.05) is 6.04 Å². The van der Waals surface area contributed by atoms with E-state index in [1.165, 1.54) is 19.3 Å². The Morgan fingerprint density at radius 2 is 1.81 bits per heavy atom. The first-order valence-corrected chi connectivity index (χ1v) is 8.55. The van der Waals surface area contributed by atoms with Crippen molar-refractivity contribution in [1.29, 1.82) is 0 Å². The monoisotopic (exact) mass is 292 g/mol. The molecule has 1 N–H and O–H groups in total. The van der Waals surface area contributed by atoms with Crippen molar-refractivity contribution in [2.45, 2.75) is 70.9 Å². The average Bonchev–Trinajstić information content (AvgIpc) is 3.27. The van der Waals surface area contributed by atoms with Gasteiger partial charge in [-0.1, -0.05) is 26.7 Å². The Morgan fingerprint density at radius 1 is 1.14 bits per heavy atom. The predicted molar refractivity (Wildman–Crippen MR) is 81.6 cm³/mol. The van der Waals surface area contributed by atoms with Crippen LogP contribution in [-0.2, 0) is 9.59 Å². The number of nitrogens with one attached hydrogen (secondary N) is 1. The molecule has 3 atom stereocenters. The molecule has 3 unspecified atom stereocenters. The van der Waals surface area contributed by atoms with Crippen molar-refractivity contribution in [3.63, 3.8) is 0 Å². The molecule has 3 rings (SSSR count). The molecule has 21 heavy (non-hydrogen) atoms. The Balaban J connectivity index is 1.85. The second-order valence-electron chi connectivity index (χ2n) is 7.72. The van der Waals surface area contributed by atoms with Gasteiger partial charge in [0.05, 0.1) is 6.54 Å². The van der Waals surface area contributed by atoms with E-state index >= 15 is 0 Å². The van der Waals surface area contributed by atoms with Crippen LogP contribution < -0.4 is 5.32 Å². The van der Waals surface area contributed by atoms with Crippen molar-refractivity contribution in [3.05, 3.63) is 0 Å². The Hall–Kier alpha value is -1.06.